The number of nitrogens with zero attached hydrogens (tertiary/aromatic N) is 4. The van der Waals surface area contributed by atoms with E-state index in [4.69, 9.17) is 23.2 Å². The molecular formula is C32H26Cl2N6O4. The summed E-state index contributed by atoms with van der Waals surface area (Å²) >= 11 is 12.9. The molecule has 12 heteroatoms. The van der Waals surface area contributed by atoms with Gasteiger partial charge in [-0.2, -0.15) is 20.5 Å². The lowest BCUT2D eigenvalue weighted by atomic mass is 10.0. The molecule has 0 aliphatic carbocycles. The minimum absolute atomic E-state index is 0.227. The molecule has 0 aliphatic rings. The van der Waals surface area contributed by atoms with Gasteiger partial charge in [0.15, 0.2) is 11.6 Å². The van der Waals surface area contributed by atoms with Crippen molar-refractivity contribution >= 4 is 69.3 Å². The summed E-state index contributed by atoms with van der Waals surface area (Å²) in [6, 6.07) is 24.6. The number of azo groups is 2. The molecule has 0 aromatic heterocycles. The van der Waals surface area contributed by atoms with Crippen molar-refractivity contribution in [3.05, 3.63) is 107 Å². The number of carbonyl (C=O) groups excluding carboxylic acids is 4. The Balaban J connectivity index is 1.47. The van der Waals surface area contributed by atoms with Gasteiger partial charge in [0.1, 0.15) is 11.4 Å². The minimum atomic E-state index is -1.35. The summed E-state index contributed by atoms with van der Waals surface area (Å²) < 4.78 is 0. The molecule has 222 valence electrons. The zero-order valence-electron chi connectivity index (χ0n) is 23.6. The molecule has 2 atom stereocenters. The number of benzene rings is 4. The second kappa shape index (κ2) is 14.9. The van der Waals surface area contributed by atoms with E-state index in [1.165, 1.54) is 13.8 Å². The van der Waals surface area contributed by atoms with Gasteiger partial charge >= 0.3 is 0 Å². The molecule has 1 unspecified atom stereocenters. The topological polar surface area (TPSA) is 142 Å². The number of rotatable bonds is 11. The third-order valence-corrected chi connectivity index (χ3v) is 6.75. The molecule has 4 aromatic rings. The fraction of sp³-hybridized carbons (Fsp3) is 0.125. The first-order chi connectivity index (χ1) is 21.1. The monoisotopic (exact) mass is 628 g/mol. The molecule has 0 heterocycles. The van der Waals surface area contributed by atoms with Crippen LogP contribution in [0.15, 0.2) is 118 Å². The molecule has 4 aromatic carbocycles. The Bertz CT molecular complexity index is 1620. The Kier molecular flexibility index (Phi) is 10.8. The fourth-order valence-electron chi connectivity index (χ4n) is 3.88. The van der Waals surface area contributed by atoms with E-state index in [2.05, 4.69) is 31.1 Å². The van der Waals surface area contributed by atoms with E-state index in [-0.39, 0.29) is 21.4 Å². The zero-order valence-corrected chi connectivity index (χ0v) is 25.1. The second-order valence-corrected chi connectivity index (χ2v) is 10.3. The van der Waals surface area contributed by atoms with Gasteiger partial charge in [-0.3, -0.25) is 19.2 Å². The molecule has 0 saturated heterocycles. The van der Waals surface area contributed by atoms with Crippen molar-refractivity contribution in [3.8, 4) is 11.1 Å². The summed E-state index contributed by atoms with van der Waals surface area (Å²) in [6.07, 6.45) is 0. The van der Waals surface area contributed by atoms with Crippen LogP contribution in [0, 0.1) is 0 Å². The Labute approximate surface area is 263 Å². The molecule has 2 amide bonds. The number of carbonyl (C=O) groups is 4. The molecule has 0 aliphatic heterocycles. The number of hydrogen-bond acceptors (Lipinski definition) is 8. The zero-order chi connectivity index (χ0) is 31.6. The van der Waals surface area contributed by atoms with Crippen LogP contribution in [0.4, 0.5) is 22.7 Å². The maximum absolute atomic E-state index is 12.6. The Morgan fingerprint density at radius 1 is 0.568 bits per heavy atom. The lowest BCUT2D eigenvalue weighted by molar-refractivity contribution is -0.127. The number of halogens is 2. The highest BCUT2D eigenvalue weighted by Crippen LogP contribution is 2.35. The van der Waals surface area contributed by atoms with E-state index in [1.54, 1.807) is 97.1 Å². The number of para-hydroxylation sites is 2. The number of nitrogens with one attached hydrogen (secondary N) is 2. The average Bonchev–Trinajstić information content (AvgIpc) is 2.99. The molecule has 4 rings (SSSR count). The summed E-state index contributed by atoms with van der Waals surface area (Å²) in [7, 11) is 0. The van der Waals surface area contributed by atoms with Crippen LogP contribution in [0.2, 0.25) is 10.0 Å². The van der Waals surface area contributed by atoms with Crippen molar-refractivity contribution in [3.63, 3.8) is 0 Å². The van der Waals surface area contributed by atoms with Gasteiger partial charge in [-0.1, -0.05) is 71.7 Å². The van der Waals surface area contributed by atoms with Crippen LogP contribution < -0.4 is 10.6 Å². The molecule has 0 radical (unpaired) electrons. The molecule has 10 nitrogen and oxygen atoms in total. The van der Waals surface area contributed by atoms with Crippen molar-refractivity contribution in [2.45, 2.75) is 25.9 Å². The number of amides is 2. The summed E-state index contributed by atoms with van der Waals surface area (Å²) in [4.78, 5) is 49.4. The van der Waals surface area contributed by atoms with Crippen molar-refractivity contribution in [1.82, 2.24) is 0 Å². The second-order valence-electron chi connectivity index (χ2n) is 9.50. The lowest BCUT2D eigenvalue weighted by Gasteiger charge is -2.10. The van der Waals surface area contributed by atoms with E-state index in [1.807, 2.05) is 0 Å². The highest BCUT2D eigenvalue weighted by molar-refractivity contribution is 6.34. The van der Waals surface area contributed by atoms with Crippen LogP contribution >= 0.6 is 23.2 Å². The van der Waals surface area contributed by atoms with Gasteiger partial charge in [-0.25, -0.2) is 0 Å². The Hall–Kier alpha value is -5.06. The summed E-state index contributed by atoms with van der Waals surface area (Å²) in [5.41, 5.74) is 2.95. The summed E-state index contributed by atoms with van der Waals surface area (Å²) in [5, 5.41) is 21.7. The number of anilines is 2. The molecule has 0 bridgehead atoms. The third kappa shape index (κ3) is 8.50. The van der Waals surface area contributed by atoms with E-state index in [0.717, 1.165) is 0 Å². The first kappa shape index (κ1) is 31.9. The predicted octanol–water partition coefficient (Wildman–Crippen LogP) is 8.02. The van der Waals surface area contributed by atoms with E-state index in [0.29, 0.717) is 22.5 Å². The summed E-state index contributed by atoms with van der Waals surface area (Å²) in [6.45, 7) is 2.51. The summed E-state index contributed by atoms with van der Waals surface area (Å²) in [5.74, 6) is -2.18. The van der Waals surface area contributed by atoms with Crippen LogP contribution in [0.5, 0.6) is 0 Å². The smallest absolute Gasteiger partial charge is 0.258 e. The molecule has 0 fully saturated rings. The number of hydrogen-bond donors (Lipinski definition) is 2. The molecule has 0 spiro atoms. The third-order valence-electron chi connectivity index (χ3n) is 6.14. The van der Waals surface area contributed by atoms with Gasteiger partial charge < -0.3 is 10.6 Å². The average molecular weight is 630 g/mol. The van der Waals surface area contributed by atoms with Gasteiger partial charge in [0.05, 0.1) is 10.0 Å². The predicted molar refractivity (Wildman–Crippen MR) is 170 cm³/mol. The van der Waals surface area contributed by atoms with Gasteiger partial charge in [0.2, 0.25) is 12.1 Å². The lowest BCUT2D eigenvalue weighted by Crippen LogP contribution is -2.31. The highest BCUT2D eigenvalue weighted by Gasteiger charge is 2.24. The van der Waals surface area contributed by atoms with Gasteiger partial charge in [0.25, 0.3) is 11.8 Å². The number of Topliss-reactive ketones (excluding diaryl/α,β-unsaturated/α-hetero) is 2. The van der Waals surface area contributed by atoms with Crippen LogP contribution in [0.25, 0.3) is 11.1 Å². The maximum atomic E-state index is 12.6. The van der Waals surface area contributed by atoms with Crippen molar-refractivity contribution in [2.75, 3.05) is 10.6 Å². The van der Waals surface area contributed by atoms with Crippen molar-refractivity contribution in [1.29, 1.82) is 0 Å². The molecular weight excluding hydrogens is 603 g/mol. The Morgan fingerprint density at radius 3 is 1.25 bits per heavy atom. The SMILES string of the molecule is CC(=O)C(N=Nc1ccc(-c2ccc(N=N[C@H](C(C)=O)C(=O)Nc3ccccc3)c(Cl)c2)cc1Cl)C(=O)Nc1ccccc1. The van der Waals surface area contributed by atoms with Crippen LogP contribution in [0.3, 0.4) is 0 Å². The largest absolute Gasteiger partial charge is 0.324 e. The van der Waals surface area contributed by atoms with Crippen LogP contribution in [0.1, 0.15) is 13.8 Å². The first-order valence-electron chi connectivity index (χ1n) is 13.3. The quantitative estimate of drug-likeness (QED) is 0.128. The highest BCUT2D eigenvalue weighted by atomic mass is 35.5. The molecule has 0 saturated carbocycles. The van der Waals surface area contributed by atoms with Crippen LogP contribution in [-0.2, 0) is 19.2 Å². The molecule has 44 heavy (non-hydrogen) atoms. The van der Waals surface area contributed by atoms with Gasteiger partial charge in [-0.05, 0) is 73.5 Å². The van der Waals surface area contributed by atoms with E-state index >= 15 is 0 Å². The maximum Gasteiger partial charge on any atom is 0.258 e. The first-order valence-corrected chi connectivity index (χ1v) is 14.0. The fourth-order valence-corrected chi connectivity index (χ4v) is 4.31. The Morgan fingerprint density at radius 2 is 0.932 bits per heavy atom. The van der Waals surface area contributed by atoms with E-state index < -0.39 is 35.5 Å². The normalized spacial score (nSPS) is 12.5. The van der Waals surface area contributed by atoms with Crippen molar-refractivity contribution < 1.29 is 19.2 Å². The van der Waals surface area contributed by atoms with Crippen molar-refractivity contribution in [2.24, 2.45) is 20.5 Å². The van der Waals surface area contributed by atoms with Gasteiger partial charge in [0, 0.05) is 11.4 Å². The van der Waals surface area contributed by atoms with Gasteiger partial charge in [-0.15, -0.1) is 0 Å². The van der Waals surface area contributed by atoms with E-state index in [9.17, 15) is 19.2 Å². The standard InChI is InChI=1S/C32H26Cl2N6O4/c1-19(41)29(31(43)35-23-9-5-3-6-10-23)39-37-27-15-13-21(17-25(27)33)22-14-16-28(26(34)18-22)38-40-30(20(2)42)32(44)36-24-11-7-4-8-12-24/h3-18,29-30H,1-2H3,(H,35,43)(H,36,44)/t29-,30?/m1/s1. The molecule has 2 N–H and O–H groups in total. The minimum Gasteiger partial charge on any atom is -0.324 e. The number of ketones is 2. The van der Waals surface area contributed by atoms with Crippen LogP contribution in [-0.4, -0.2) is 35.5 Å².